The number of nitrogens with one attached hydrogen (secondary N) is 1. The van der Waals surface area contributed by atoms with E-state index in [1.54, 1.807) is 7.11 Å². The number of benzene rings is 2. The van der Waals surface area contributed by atoms with E-state index in [-0.39, 0.29) is 0 Å². The van der Waals surface area contributed by atoms with Crippen molar-refractivity contribution < 1.29 is 4.74 Å². The molecule has 2 rings (SSSR count). The van der Waals surface area contributed by atoms with Crippen LogP contribution in [-0.4, -0.2) is 13.7 Å². The second-order valence-electron chi connectivity index (χ2n) is 4.48. The second-order valence-corrected chi connectivity index (χ2v) is 6.19. The van der Waals surface area contributed by atoms with Crippen LogP contribution in [0, 0.1) is 0 Å². The summed E-state index contributed by atoms with van der Waals surface area (Å²) in [6.45, 7) is 0.929. The summed E-state index contributed by atoms with van der Waals surface area (Å²) in [5, 5.41) is 3.44. The van der Waals surface area contributed by atoms with Crippen LogP contribution in [-0.2, 0) is 6.42 Å². The van der Waals surface area contributed by atoms with Crippen molar-refractivity contribution in [1.29, 1.82) is 0 Å². The Morgan fingerprint density at radius 2 is 1.80 bits per heavy atom. The topological polar surface area (TPSA) is 21.3 Å². The Labute approximate surface area is 136 Å². The Kier molecular flexibility index (Phi) is 5.92. The molecule has 0 radical (unpaired) electrons. The van der Waals surface area contributed by atoms with E-state index in [1.165, 1.54) is 5.56 Å². The highest BCUT2D eigenvalue weighted by atomic mass is 79.9. The minimum atomic E-state index is 0.832. The van der Waals surface area contributed by atoms with E-state index in [1.807, 2.05) is 18.2 Å². The third-order valence-electron chi connectivity index (χ3n) is 3.04. The summed E-state index contributed by atoms with van der Waals surface area (Å²) in [6.07, 6.45) is 2.17. The van der Waals surface area contributed by atoms with Gasteiger partial charge in [0.15, 0.2) is 0 Å². The quantitative estimate of drug-likeness (QED) is 0.669. The third kappa shape index (κ3) is 4.25. The number of ether oxygens (including phenoxy) is 1. The predicted molar refractivity (Wildman–Crippen MR) is 91.6 cm³/mol. The van der Waals surface area contributed by atoms with E-state index in [4.69, 9.17) is 4.74 Å². The standard InChI is InChI=1S/C16H17Br2NO/c1-20-16-11-15(13(17)10-14(16)18)19-9-5-8-12-6-3-2-4-7-12/h2-4,6-7,10-11,19H,5,8-9H2,1H3. The fourth-order valence-electron chi connectivity index (χ4n) is 1.98. The number of hydrogen-bond donors (Lipinski definition) is 1. The number of anilines is 1. The molecule has 4 heteroatoms. The van der Waals surface area contributed by atoms with Gasteiger partial charge in [-0.3, -0.25) is 0 Å². The molecule has 0 saturated carbocycles. The number of methoxy groups -OCH3 is 1. The number of rotatable bonds is 6. The van der Waals surface area contributed by atoms with Crippen molar-refractivity contribution in [1.82, 2.24) is 0 Å². The van der Waals surface area contributed by atoms with Crippen LogP contribution in [0.3, 0.4) is 0 Å². The Morgan fingerprint density at radius 1 is 1.05 bits per heavy atom. The average molecular weight is 399 g/mol. The van der Waals surface area contributed by atoms with Crippen LogP contribution in [0.25, 0.3) is 0 Å². The average Bonchev–Trinajstić information content (AvgIpc) is 2.46. The maximum Gasteiger partial charge on any atom is 0.135 e. The van der Waals surface area contributed by atoms with Crippen LogP contribution in [0.1, 0.15) is 12.0 Å². The van der Waals surface area contributed by atoms with E-state index < -0.39 is 0 Å². The molecular formula is C16H17Br2NO. The SMILES string of the molecule is COc1cc(NCCCc2ccccc2)c(Br)cc1Br. The van der Waals surface area contributed by atoms with E-state index in [0.29, 0.717) is 0 Å². The van der Waals surface area contributed by atoms with Crippen LogP contribution >= 0.6 is 31.9 Å². The van der Waals surface area contributed by atoms with Crippen molar-refractivity contribution in [3.8, 4) is 5.75 Å². The lowest BCUT2D eigenvalue weighted by Gasteiger charge is -2.12. The zero-order chi connectivity index (χ0) is 14.4. The second kappa shape index (κ2) is 7.70. The van der Waals surface area contributed by atoms with Gasteiger partial charge in [-0.2, -0.15) is 0 Å². The molecule has 0 aliphatic heterocycles. The molecule has 0 aliphatic rings. The molecule has 20 heavy (non-hydrogen) atoms. The number of aryl methyl sites for hydroxylation is 1. The molecule has 0 fully saturated rings. The summed E-state index contributed by atoms with van der Waals surface area (Å²) < 4.78 is 7.29. The molecule has 0 bridgehead atoms. The number of halogens is 2. The Balaban J connectivity index is 1.88. The first kappa shape index (κ1) is 15.4. The molecular weight excluding hydrogens is 382 g/mol. The summed E-state index contributed by atoms with van der Waals surface area (Å²) in [4.78, 5) is 0. The molecule has 106 valence electrons. The third-order valence-corrected chi connectivity index (χ3v) is 4.32. The Morgan fingerprint density at radius 3 is 2.50 bits per heavy atom. The molecule has 0 aromatic heterocycles. The summed E-state index contributed by atoms with van der Waals surface area (Å²) >= 11 is 7.03. The Bertz CT molecular complexity index is 558. The van der Waals surface area contributed by atoms with E-state index >= 15 is 0 Å². The molecule has 0 heterocycles. The van der Waals surface area contributed by atoms with Gasteiger partial charge in [-0.25, -0.2) is 0 Å². The van der Waals surface area contributed by atoms with Crippen molar-refractivity contribution in [2.75, 3.05) is 19.0 Å². The monoisotopic (exact) mass is 397 g/mol. The largest absolute Gasteiger partial charge is 0.495 e. The molecule has 0 atom stereocenters. The summed E-state index contributed by atoms with van der Waals surface area (Å²) in [7, 11) is 1.67. The van der Waals surface area contributed by atoms with Gasteiger partial charge in [0.05, 0.1) is 17.3 Å². The van der Waals surface area contributed by atoms with Crippen molar-refractivity contribution in [3.63, 3.8) is 0 Å². The van der Waals surface area contributed by atoms with Crippen LogP contribution < -0.4 is 10.1 Å². The predicted octanol–water partition coefficient (Wildman–Crippen LogP) is 5.26. The molecule has 0 amide bonds. The summed E-state index contributed by atoms with van der Waals surface area (Å²) in [6, 6.07) is 14.5. The van der Waals surface area contributed by atoms with Crippen molar-refractivity contribution in [2.24, 2.45) is 0 Å². The van der Waals surface area contributed by atoms with E-state index in [9.17, 15) is 0 Å². The van der Waals surface area contributed by atoms with Crippen LogP contribution in [0.5, 0.6) is 5.75 Å². The molecule has 2 aromatic carbocycles. The number of hydrogen-bond acceptors (Lipinski definition) is 2. The van der Waals surface area contributed by atoms with Crippen LogP contribution in [0.2, 0.25) is 0 Å². The van der Waals surface area contributed by atoms with Crippen molar-refractivity contribution >= 4 is 37.5 Å². The zero-order valence-electron chi connectivity index (χ0n) is 11.3. The first-order valence-corrected chi connectivity index (χ1v) is 8.10. The maximum atomic E-state index is 5.31. The fourth-order valence-corrected chi connectivity index (χ4v) is 3.28. The highest BCUT2D eigenvalue weighted by Gasteiger charge is 2.06. The van der Waals surface area contributed by atoms with Crippen molar-refractivity contribution in [2.45, 2.75) is 12.8 Å². The highest BCUT2D eigenvalue weighted by molar-refractivity contribution is 9.11. The molecule has 2 nitrogen and oxygen atoms in total. The van der Waals surface area contributed by atoms with Gasteiger partial charge in [-0.15, -0.1) is 0 Å². The smallest absolute Gasteiger partial charge is 0.135 e. The van der Waals surface area contributed by atoms with Gasteiger partial charge in [0.25, 0.3) is 0 Å². The molecule has 0 unspecified atom stereocenters. The molecule has 0 saturated heterocycles. The fraction of sp³-hybridized carbons (Fsp3) is 0.250. The van der Waals surface area contributed by atoms with E-state index in [0.717, 1.165) is 39.8 Å². The van der Waals surface area contributed by atoms with Crippen LogP contribution in [0.4, 0.5) is 5.69 Å². The minimum Gasteiger partial charge on any atom is -0.495 e. The van der Waals surface area contributed by atoms with Gasteiger partial charge in [-0.05, 0) is 56.3 Å². The lowest BCUT2D eigenvalue weighted by molar-refractivity contribution is 0.412. The van der Waals surface area contributed by atoms with Gasteiger partial charge >= 0.3 is 0 Å². The lowest BCUT2D eigenvalue weighted by atomic mass is 10.1. The zero-order valence-corrected chi connectivity index (χ0v) is 14.5. The molecule has 1 N–H and O–H groups in total. The lowest BCUT2D eigenvalue weighted by Crippen LogP contribution is -2.04. The maximum absolute atomic E-state index is 5.31. The molecule has 0 spiro atoms. The van der Waals surface area contributed by atoms with Gasteiger partial charge < -0.3 is 10.1 Å². The molecule has 0 aliphatic carbocycles. The Hall–Kier alpha value is -1.000. The first-order chi connectivity index (χ1) is 9.70. The normalized spacial score (nSPS) is 10.3. The van der Waals surface area contributed by atoms with Crippen molar-refractivity contribution in [3.05, 3.63) is 57.0 Å². The minimum absolute atomic E-state index is 0.832. The van der Waals surface area contributed by atoms with Crippen LogP contribution in [0.15, 0.2) is 51.4 Å². The van der Waals surface area contributed by atoms with Gasteiger partial charge in [-0.1, -0.05) is 30.3 Å². The van der Waals surface area contributed by atoms with E-state index in [2.05, 4.69) is 61.4 Å². The summed E-state index contributed by atoms with van der Waals surface area (Å²) in [5.41, 5.74) is 2.43. The van der Waals surface area contributed by atoms with Gasteiger partial charge in [0.2, 0.25) is 0 Å². The molecule has 2 aromatic rings. The van der Waals surface area contributed by atoms with Gasteiger partial charge in [0.1, 0.15) is 5.75 Å². The highest BCUT2D eigenvalue weighted by Crippen LogP contribution is 2.34. The summed E-state index contributed by atoms with van der Waals surface area (Å²) in [5.74, 6) is 0.832. The van der Waals surface area contributed by atoms with Gasteiger partial charge in [0, 0.05) is 17.1 Å². The first-order valence-electron chi connectivity index (χ1n) is 6.51.